The molecule has 12 heteroatoms. The highest BCUT2D eigenvalue weighted by molar-refractivity contribution is 5.95. The molecule has 0 fully saturated rings. The van der Waals surface area contributed by atoms with Crippen molar-refractivity contribution in [3.8, 4) is 0 Å². The van der Waals surface area contributed by atoms with Crippen LogP contribution in [0.3, 0.4) is 0 Å². The van der Waals surface area contributed by atoms with Crippen molar-refractivity contribution in [3.05, 3.63) is 144 Å². The minimum absolute atomic E-state index is 0.0231. The molecule has 4 atom stereocenters. The third kappa shape index (κ3) is 10.6. The molecule has 0 saturated carbocycles. The number of carboxylic acids is 1. The van der Waals surface area contributed by atoms with Gasteiger partial charge in [-0.15, -0.1) is 0 Å². The maximum absolute atomic E-state index is 13.9. The molecule has 1 heterocycles. The predicted octanol–water partition coefficient (Wildman–Crippen LogP) is 2.42. The topological polar surface area (TPSA) is 196 Å². The molecular weight excluding hydrogens is 660 g/mol. The number of para-hydroxylation sites is 1. The van der Waals surface area contributed by atoms with Crippen molar-refractivity contribution in [2.75, 3.05) is 6.54 Å². The Morgan fingerprint density at radius 2 is 1.08 bits per heavy atom. The third-order valence-electron chi connectivity index (χ3n) is 8.62. The zero-order valence-corrected chi connectivity index (χ0v) is 28.5. The molecular formula is C40H42N6O6. The summed E-state index contributed by atoms with van der Waals surface area (Å²) in [5.41, 5.74) is 10.2. The van der Waals surface area contributed by atoms with Gasteiger partial charge in [-0.2, -0.15) is 0 Å². The van der Waals surface area contributed by atoms with Crippen LogP contribution in [0.25, 0.3) is 10.9 Å². The number of rotatable bonds is 17. The van der Waals surface area contributed by atoms with E-state index in [4.69, 9.17) is 5.73 Å². The Hall–Kier alpha value is -6.27. The van der Waals surface area contributed by atoms with Crippen molar-refractivity contribution >= 4 is 40.5 Å². The lowest BCUT2D eigenvalue weighted by Crippen LogP contribution is -2.57. The Bertz CT molecular complexity index is 1970. The average Bonchev–Trinajstić information content (AvgIpc) is 3.56. The van der Waals surface area contributed by atoms with Crippen molar-refractivity contribution in [2.24, 2.45) is 5.73 Å². The highest BCUT2D eigenvalue weighted by atomic mass is 16.4. The maximum Gasteiger partial charge on any atom is 0.326 e. The molecule has 52 heavy (non-hydrogen) atoms. The molecule has 0 unspecified atom stereocenters. The van der Waals surface area contributed by atoms with E-state index in [0.29, 0.717) is 0 Å². The second-order valence-electron chi connectivity index (χ2n) is 12.5. The van der Waals surface area contributed by atoms with Crippen LogP contribution >= 0.6 is 0 Å². The van der Waals surface area contributed by atoms with Crippen LogP contribution in [0.1, 0.15) is 22.3 Å². The number of aromatic amines is 1. The fraction of sp³-hybridized carbons (Fsp3) is 0.225. The van der Waals surface area contributed by atoms with Crippen LogP contribution in [0.5, 0.6) is 0 Å². The van der Waals surface area contributed by atoms with Crippen molar-refractivity contribution in [2.45, 2.75) is 49.9 Å². The van der Waals surface area contributed by atoms with Gasteiger partial charge in [0.05, 0.1) is 12.6 Å². The lowest BCUT2D eigenvalue weighted by Gasteiger charge is -2.24. The number of aliphatic carboxylic acids is 1. The predicted molar refractivity (Wildman–Crippen MR) is 197 cm³/mol. The first-order valence-corrected chi connectivity index (χ1v) is 17.0. The first kappa shape index (κ1) is 37.0. The Kier molecular flexibility index (Phi) is 12.9. The molecule has 0 aliphatic heterocycles. The Morgan fingerprint density at radius 1 is 0.577 bits per heavy atom. The number of aromatic nitrogens is 1. The van der Waals surface area contributed by atoms with Gasteiger partial charge in [0.1, 0.15) is 18.1 Å². The monoisotopic (exact) mass is 702 g/mol. The van der Waals surface area contributed by atoms with Crippen LogP contribution in [0.15, 0.2) is 121 Å². The van der Waals surface area contributed by atoms with Crippen LogP contribution < -0.4 is 27.0 Å². The Balaban J connectivity index is 1.26. The number of carboxylic acid groups (broad SMARTS) is 1. The van der Waals surface area contributed by atoms with E-state index in [0.717, 1.165) is 33.2 Å². The van der Waals surface area contributed by atoms with Crippen molar-refractivity contribution in [1.82, 2.24) is 26.3 Å². The van der Waals surface area contributed by atoms with Gasteiger partial charge in [-0.05, 0) is 34.7 Å². The molecule has 1 aromatic heterocycles. The van der Waals surface area contributed by atoms with E-state index in [1.165, 1.54) is 0 Å². The smallest absolute Gasteiger partial charge is 0.326 e. The number of carbonyl (C=O) groups is 5. The zero-order valence-electron chi connectivity index (χ0n) is 28.5. The van der Waals surface area contributed by atoms with Gasteiger partial charge >= 0.3 is 5.97 Å². The molecule has 5 aromatic rings. The van der Waals surface area contributed by atoms with Gasteiger partial charge in [0.2, 0.25) is 23.6 Å². The second-order valence-corrected chi connectivity index (χ2v) is 12.5. The minimum Gasteiger partial charge on any atom is -0.480 e. The van der Waals surface area contributed by atoms with E-state index in [2.05, 4.69) is 26.3 Å². The summed E-state index contributed by atoms with van der Waals surface area (Å²) in [6.07, 6.45) is 2.20. The lowest BCUT2D eigenvalue weighted by molar-refractivity contribution is -0.141. The first-order valence-electron chi connectivity index (χ1n) is 17.0. The van der Waals surface area contributed by atoms with E-state index in [1.54, 1.807) is 30.5 Å². The molecule has 5 rings (SSSR count). The maximum atomic E-state index is 13.9. The molecule has 0 spiro atoms. The molecule has 8 N–H and O–H groups in total. The summed E-state index contributed by atoms with van der Waals surface area (Å²) in [6, 6.07) is 30.5. The summed E-state index contributed by atoms with van der Waals surface area (Å²) in [5.74, 6) is -3.75. The number of hydrogen-bond acceptors (Lipinski definition) is 6. The molecule has 0 aliphatic carbocycles. The first-order chi connectivity index (χ1) is 25.2. The molecule has 0 radical (unpaired) electrons. The number of fused-ring (bicyclic) bond motifs is 1. The third-order valence-corrected chi connectivity index (χ3v) is 8.62. The van der Waals surface area contributed by atoms with E-state index >= 15 is 0 Å². The number of hydrogen-bond donors (Lipinski definition) is 7. The number of benzene rings is 4. The molecule has 268 valence electrons. The molecule has 12 nitrogen and oxygen atoms in total. The summed E-state index contributed by atoms with van der Waals surface area (Å²) in [4.78, 5) is 68.8. The SMILES string of the molecule is N[C@H](Cc1ccccc1)C(=O)N[C@H](Cc1ccccc1)C(=O)N[C@H](Cc1ccccc1)C(=O)NCC(=O)N[C@H](Cc1c[nH]c2ccccc12)C(=O)O. The van der Waals surface area contributed by atoms with Crippen LogP contribution in [0.4, 0.5) is 0 Å². The summed E-state index contributed by atoms with van der Waals surface area (Å²) in [6.45, 7) is -0.532. The van der Waals surface area contributed by atoms with E-state index in [-0.39, 0.29) is 25.7 Å². The lowest BCUT2D eigenvalue weighted by atomic mass is 10.0. The molecule has 4 amide bonds. The van der Waals surface area contributed by atoms with Gasteiger partial charge in [-0.1, -0.05) is 109 Å². The quantitative estimate of drug-likeness (QED) is 0.0773. The van der Waals surface area contributed by atoms with Crippen LogP contribution in [-0.2, 0) is 49.7 Å². The molecule has 4 aromatic carbocycles. The minimum atomic E-state index is -1.25. The summed E-state index contributed by atoms with van der Waals surface area (Å²) in [5, 5.41) is 21.3. The van der Waals surface area contributed by atoms with Crippen molar-refractivity contribution in [3.63, 3.8) is 0 Å². The highest BCUT2D eigenvalue weighted by Crippen LogP contribution is 2.19. The summed E-state index contributed by atoms with van der Waals surface area (Å²) < 4.78 is 0. The highest BCUT2D eigenvalue weighted by Gasteiger charge is 2.29. The van der Waals surface area contributed by atoms with Crippen LogP contribution in [0, 0.1) is 0 Å². The normalized spacial score (nSPS) is 13.2. The number of carbonyl (C=O) groups excluding carboxylic acids is 4. The summed E-state index contributed by atoms with van der Waals surface area (Å²) >= 11 is 0. The summed E-state index contributed by atoms with van der Waals surface area (Å²) in [7, 11) is 0. The van der Waals surface area contributed by atoms with Crippen LogP contribution in [-0.4, -0.2) is 70.4 Å². The largest absolute Gasteiger partial charge is 0.480 e. The number of nitrogens with two attached hydrogens (primary N) is 1. The average molecular weight is 703 g/mol. The molecule has 0 saturated heterocycles. The van der Waals surface area contributed by atoms with Crippen molar-refractivity contribution in [1.29, 1.82) is 0 Å². The number of H-pyrrole nitrogens is 1. The van der Waals surface area contributed by atoms with Gasteiger partial charge in [-0.25, -0.2) is 4.79 Å². The Morgan fingerprint density at radius 3 is 1.65 bits per heavy atom. The number of amides is 4. The second kappa shape index (κ2) is 18.1. The van der Waals surface area contributed by atoms with E-state index in [9.17, 15) is 29.1 Å². The van der Waals surface area contributed by atoms with Crippen LogP contribution in [0.2, 0.25) is 0 Å². The fourth-order valence-electron chi connectivity index (χ4n) is 5.89. The molecule has 0 aliphatic rings. The van der Waals surface area contributed by atoms with Crippen molar-refractivity contribution < 1.29 is 29.1 Å². The fourth-order valence-corrected chi connectivity index (χ4v) is 5.89. The Labute approximate surface area is 301 Å². The molecule has 0 bridgehead atoms. The number of nitrogens with one attached hydrogen (secondary N) is 5. The van der Waals surface area contributed by atoms with Gasteiger partial charge in [0, 0.05) is 36.4 Å². The van der Waals surface area contributed by atoms with E-state index in [1.807, 2.05) is 91.0 Å². The standard InChI is InChI=1S/C40H42N6O6/c41-31(20-26-12-4-1-5-13-26)37(48)45-34(22-28-16-8-3-9-17-28)39(50)46-33(21-27-14-6-2-7-15-27)38(49)43-25-36(47)44-35(40(51)52)23-29-24-42-32-19-11-10-18-30(29)32/h1-19,24,31,33-35,42H,20-23,25,41H2,(H,43,49)(H,44,47)(H,45,48)(H,46,50)(H,51,52)/t31-,33-,34-,35-/m1/s1. The van der Waals surface area contributed by atoms with Gasteiger partial charge in [0.15, 0.2) is 0 Å². The zero-order chi connectivity index (χ0) is 36.9. The van der Waals surface area contributed by atoms with Gasteiger partial charge in [-0.3, -0.25) is 19.2 Å². The van der Waals surface area contributed by atoms with E-state index < -0.39 is 60.3 Å². The van der Waals surface area contributed by atoms with Gasteiger partial charge in [0.25, 0.3) is 0 Å². The van der Waals surface area contributed by atoms with Gasteiger partial charge < -0.3 is 37.1 Å².